The molecule has 8 heteroatoms. The fourth-order valence-electron chi connectivity index (χ4n) is 4.12. The Kier molecular flexibility index (Phi) is 6.92. The number of ether oxygens (including phenoxy) is 1. The zero-order valence-electron chi connectivity index (χ0n) is 18.5. The second-order valence-corrected chi connectivity index (χ2v) is 8.26. The van der Waals surface area contributed by atoms with Crippen LogP contribution < -0.4 is 16.0 Å². The summed E-state index contributed by atoms with van der Waals surface area (Å²) in [5.41, 5.74) is 2.89. The van der Waals surface area contributed by atoms with Crippen LogP contribution in [-0.2, 0) is 20.9 Å². The van der Waals surface area contributed by atoms with Crippen molar-refractivity contribution >= 4 is 28.8 Å². The van der Waals surface area contributed by atoms with Gasteiger partial charge >= 0.3 is 6.09 Å². The molecule has 0 aliphatic carbocycles. The zero-order valence-corrected chi connectivity index (χ0v) is 18.5. The molecule has 1 aliphatic heterocycles. The first kappa shape index (κ1) is 22.4. The number of hydrogen-bond acceptors (Lipinski definition) is 4. The maximum Gasteiger partial charge on any atom is 0.407 e. The van der Waals surface area contributed by atoms with E-state index in [1.54, 1.807) is 0 Å². The van der Waals surface area contributed by atoms with Crippen molar-refractivity contribution in [2.45, 2.75) is 44.4 Å². The predicted octanol–water partition coefficient (Wildman–Crippen LogP) is 2.96. The topological polar surface area (TPSA) is 112 Å². The van der Waals surface area contributed by atoms with Crippen molar-refractivity contribution in [3.8, 4) is 0 Å². The van der Waals surface area contributed by atoms with Gasteiger partial charge in [-0.3, -0.25) is 9.59 Å². The van der Waals surface area contributed by atoms with Crippen molar-refractivity contribution in [1.82, 2.24) is 20.9 Å². The fourth-order valence-corrected chi connectivity index (χ4v) is 4.12. The van der Waals surface area contributed by atoms with Gasteiger partial charge in [0.15, 0.2) is 0 Å². The molecule has 172 valence electrons. The maximum atomic E-state index is 12.8. The van der Waals surface area contributed by atoms with Gasteiger partial charge < -0.3 is 25.7 Å². The number of amides is 3. The van der Waals surface area contributed by atoms with Gasteiger partial charge in [-0.05, 0) is 30.0 Å². The van der Waals surface area contributed by atoms with E-state index in [-0.39, 0.29) is 24.3 Å². The lowest BCUT2D eigenvalue weighted by molar-refractivity contribution is -0.137. The van der Waals surface area contributed by atoms with Crippen molar-refractivity contribution < 1.29 is 19.1 Å². The Labute approximate surface area is 192 Å². The first-order valence-electron chi connectivity index (χ1n) is 11.1. The number of H-pyrrole nitrogens is 1. The molecule has 1 aromatic heterocycles. The third kappa shape index (κ3) is 5.34. The van der Waals surface area contributed by atoms with Crippen LogP contribution in [0.4, 0.5) is 4.79 Å². The molecule has 3 aromatic rings. The van der Waals surface area contributed by atoms with Crippen LogP contribution in [0.15, 0.2) is 60.8 Å². The second kappa shape index (κ2) is 10.2. The molecule has 1 fully saturated rings. The number of aromatic amines is 1. The molecule has 8 nitrogen and oxygen atoms in total. The summed E-state index contributed by atoms with van der Waals surface area (Å²) in [5.74, 6) is -0.599. The van der Waals surface area contributed by atoms with Crippen LogP contribution in [0.2, 0.25) is 0 Å². The van der Waals surface area contributed by atoms with Gasteiger partial charge in [0.05, 0.1) is 0 Å². The molecule has 0 spiro atoms. The van der Waals surface area contributed by atoms with E-state index in [2.05, 4.69) is 20.9 Å². The highest BCUT2D eigenvalue weighted by Gasteiger charge is 2.37. The van der Waals surface area contributed by atoms with Crippen LogP contribution >= 0.6 is 0 Å². The quantitative estimate of drug-likeness (QED) is 0.397. The molecule has 3 amide bonds. The molecule has 3 atom stereocenters. The van der Waals surface area contributed by atoms with Gasteiger partial charge in [-0.15, -0.1) is 0 Å². The molecule has 33 heavy (non-hydrogen) atoms. The summed E-state index contributed by atoms with van der Waals surface area (Å²) in [6.45, 7) is 2.48. The predicted molar refractivity (Wildman–Crippen MR) is 124 cm³/mol. The summed E-state index contributed by atoms with van der Waals surface area (Å²) in [6.07, 6.45) is 2.33. The summed E-state index contributed by atoms with van der Waals surface area (Å²) in [6, 6.07) is 16.0. The standard InChI is InChI=1S/C25H28N4O4/c1-16(19-14-27-20-11-6-5-10-18(19)20)22-24(31)28-21(23(30)29-22)12-7-13-26-25(32)33-15-17-8-3-2-4-9-17/h2-6,8-11,14,16,21-22,27H,7,12-13,15H2,1H3,(H,26,32)(H,28,31)(H,29,30)/t16?,21-,22+/m0/s1. The number of benzene rings is 2. The Morgan fingerprint density at radius 2 is 1.79 bits per heavy atom. The van der Waals surface area contributed by atoms with Crippen LogP contribution in [-0.4, -0.2) is 41.5 Å². The number of hydrogen-bond donors (Lipinski definition) is 4. The minimum Gasteiger partial charge on any atom is -0.445 e. The highest BCUT2D eigenvalue weighted by atomic mass is 16.5. The molecule has 1 aliphatic rings. The van der Waals surface area contributed by atoms with Crippen LogP contribution in [0.5, 0.6) is 0 Å². The molecular weight excluding hydrogens is 420 g/mol. The van der Waals surface area contributed by atoms with E-state index in [9.17, 15) is 14.4 Å². The summed E-state index contributed by atoms with van der Waals surface area (Å²) in [4.78, 5) is 40.4. The third-order valence-electron chi connectivity index (χ3n) is 5.98. The molecule has 0 radical (unpaired) electrons. The summed E-state index contributed by atoms with van der Waals surface area (Å²) in [7, 11) is 0. The van der Waals surface area contributed by atoms with E-state index in [1.807, 2.05) is 67.7 Å². The van der Waals surface area contributed by atoms with Crippen LogP contribution in [0.1, 0.15) is 36.8 Å². The Hall–Kier alpha value is -3.81. The van der Waals surface area contributed by atoms with E-state index in [4.69, 9.17) is 4.74 Å². The molecule has 2 heterocycles. The number of carbonyl (C=O) groups is 3. The Morgan fingerprint density at radius 1 is 1.03 bits per heavy atom. The largest absolute Gasteiger partial charge is 0.445 e. The fraction of sp³-hybridized carbons (Fsp3) is 0.320. The third-order valence-corrected chi connectivity index (χ3v) is 5.98. The first-order valence-corrected chi connectivity index (χ1v) is 11.1. The number of fused-ring (bicyclic) bond motifs is 1. The molecule has 4 rings (SSSR count). The van der Waals surface area contributed by atoms with Crippen molar-refractivity contribution in [3.63, 3.8) is 0 Å². The first-order chi connectivity index (χ1) is 16.0. The number of aromatic nitrogens is 1. The molecule has 1 unspecified atom stereocenters. The van der Waals surface area contributed by atoms with Crippen molar-refractivity contribution in [2.24, 2.45) is 0 Å². The van der Waals surface area contributed by atoms with Gasteiger partial charge in [0.1, 0.15) is 18.7 Å². The van der Waals surface area contributed by atoms with Crippen LogP contribution in [0.3, 0.4) is 0 Å². The normalized spacial score (nSPS) is 18.9. The molecule has 0 saturated carbocycles. The van der Waals surface area contributed by atoms with Crippen molar-refractivity contribution in [3.05, 3.63) is 71.9 Å². The Balaban J connectivity index is 1.22. The van der Waals surface area contributed by atoms with E-state index in [0.717, 1.165) is 22.0 Å². The molecule has 0 bridgehead atoms. The van der Waals surface area contributed by atoms with E-state index in [1.165, 1.54) is 0 Å². The van der Waals surface area contributed by atoms with E-state index >= 15 is 0 Å². The monoisotopic (exact) mass is 448 g/mol. The highest BCUT2D eigenvalue weighted by molar-refractivity contribution is 5.98. The molecule has 1 saturated heterocycles. The number of nitrogens with one attached hydrogen (secondary N) is 4. The average molecular weight is 449 g/mol. The van der Waals surface area contributed by atoms with Gasteiger partial charge in [-0.25, -0.2) is 4.79 Å². The Morgan fingerprint density at radius 3 is 2.61 bits per heavy atom. The molecule has 2 aromatic carbocycles. The van der Waals surface area contributed by atoms with Crippen LogP contribution in [0.25, 0.3) is 10.9 Å². The van der Waals surface area contributed by atoms with Gasteiger partial charge in [0.2, 0.25) is 11.8 Å². The van der Waals surface area contributed by atoms with Crippen molar-refractivity contribution in [1.29, 1.82) is 0 Å². The molecular formula is C25H28N4O4. The molecule has 4 N–H and O–H groups in total. The number of rotatable bonds is 8. The summed E-state index contributed by atoms with van der Waals surface area (Å²) in [5, 5.41) is 9.43. The number of para-hydroxylation sites is 1. The number of piperazine rings is 1. The van der Waals surface area contributed by atoms with E-state index in [0.29, 0.717) is 19.4 Å². The lowest BCUT2D eigenvalue weighted by Crippen LogP contribution is -2.63. The number of carbonyl (C=O) groups excluding carboxylic acids is 3. The zero-order chi connectivity index (χ0) is 23.2. The number of alkyl carbamates (subject to hydrolysis) is 1. The van der Waals surface area contributed by atoms with E-state index < -0.39 is 18.2 Å². The van der Waals surface area contributed by atoms with Gasteiger partial charge in [0, 0.05) is 29.6 Å². The maximum absolute atomic E-state index is 12.8. The van der Waals surface area contributed by atoms with Crippen molar-refractivity contribution in [2.75, 3.05) is 6.54 Å². The summed E-state index contributed by atoms with van der Waals surface area (Å²) < 4.78 is 5.16. The smallest absolute Gasteiger partial charge is 0.407 e. The Bertz CT molecular complexity index is 1130. The lowest BCUT2D eigenvalue weighted by Gasteiger charge is -2.33. The average Bonchev–Trinajstić information content (AvgIpc) is 3.27. The van der Waals surface area contributed by atoms with Gasteiger partial charge in [-0.2, -0.15) is 0 Å². The minimum atomic E-state index is -0.640. The van der Waals surface area contributed by atoms with Gasteiger partial charge in [-0.1, -0.05) is 55.5 Å². The van der Waals surface area contributed by atoms with Gasteiger partial charge in [0.25, 0.3) is 0 Å². The minimum absolute atomic E-state index is 0.188. The highest BCUT2D eigenvalue weighted by Crippen LogP contribution is 2.28. The SMILES string of the molecule is CC(c1c[nH]c2ccccc12)[C@H]1NC(=O)[C@H](CCCNC(=O)OCc2ccccc2)NC1=O. The second-order valence-electron chi connectivity index (χ2n) is 8.26. The van der Waals surface area contributed by atoms with Crippen LogP contribution in [0, 0.1) is 0 Å². The summed E-state index contributed by atoms with van der Waals surface area (Å²) >= 11 is 0. The lowest BCUT2D eigenvalue weighted by atomic mass is 9.90.